The number of aromatic nitrogens is 3. The number of nitrogen functional groups attached to an aromatic ring is 1. The number of pyridine rings is 1. The van der Waals surface area contributed by atoms with Crippen molar-refractivity contribution in [2.75, 3.05) is 12.8 Å². The zero-order valence-electron chi connectivity index (χ0n) is 19.0. The lowest BCUT2D eigenvalue weighted by Gasteiger charge is -2.18. The van der Waals surface area contributed by atoms with E-state index in [1.54, 1.807) is 0 Å². The molecule has 1 aromatic carbocycles. The molecule has 0 amide bonds. The zero-order chi connectivity index (χ0) is 24.5. The third-order valence-electron chi connectivity index (χ3n) is 4.55. The van der Waals surface area contributed by atoms with Gasteiger partial charge in [-0.3, -0.25) is 4.68 Å². The highest BCUT2D eigenvalue weighted by atomic mass is 19.1. The van der Waals surface area contributed by atoms with Crippen molar-refractivity contribution in [3.05, 3.63) is 58.8 Å². The number of hydrogen-bond donors (Lipinski definition) is 3. The molecular formula is C21H21FN6O3. The van der Waals surface area contributed by atoms with E-state index >= 15 is 0 Å². The molecule has 10 heteroatoms. The number of benzene rings is 1. The number of nitrogens with two attached hydrogens (primary N) is 1. The second-order valence-electron chi connectivity index (χ2n) is 6.59. The maximum Gasteiger partial charge on any atom is 0.336 e. The molecule has 0 fully saturated rings. The normalized spacial score (nSPS) is 13.1. The third-order valence-corrected chi connectivity index (χ3v) is 4.55. The Bertz CT molecular complexity index is 1270. The van der Waals surface area contributed by atoms with Gasteiger partial charge in [-0.25, -0.2) is 14.2 Å². The number of nitrogens with zero attached hydrogens (tertiary/aromatic N) is 4. The van der Waals surface area contributed by atoms with E-state index in [9.17, 15) is 19.6 Å². The summed E-state index contributed by atoms with van der Waals surface area (Å²) in [7, 11) is 2.93. The van der Waals surface area contributed by atoms with Gasteiger partial charge in [0.15, 0.2) is 11.6 Å². The lowest BCUT2D eigenvalue weighted by molar-refractivity contribution is 0.0691. The van der Waals surface area contributed by atoms with Crippen LogP contribution in [0.4, 0.5) is 10.2 Å². The van der Waals surface area contributed by atoms with E-state index in [4.69, 9.17) is 13.2 Å². The van der Waals surface area contributed by atoms with Gasteiger partial charge in [0.1, 0.15) is 23.7 Å². The molecule has 0 saturated heterocycles. The van der Waals surface area contributed by atoms with Crippen LogP contribution >= 0.6 is 0 Å². The molecule has 0 spiro atoms. The molecule has 1 atom stereocenters. The fourth-order valence-electron chi connectivity index (χ4n) is 3.14. The summed E-state index contributed by atoms with van der Waals surface area (Å²) in [5, 5.41) is 25.7. The molecule has 1 unspecified atom stereocenters. The Labute approximate surface area is 180 Å². The van der Waals surface area contributed by atoms with E-state index in [0.717, 1.165) is 18.2 Å². The van der Waals surface area contributed by atoms with Crippen LogP contribution in [0, 0.1) is 17.1 Å². The van der Waals surface area contributed by atoms with Gasteiger partial charge in [-0.15, -0.1) is 0 Å². The van der Waals surface area contributed by atoms with Crippen LogP contribution in [-0.4, -0.2) is 32.9 Å². The lowest BCUT2D eigenvalue weighted by atomic mass is 10.0. The quantitative estimate of drug-likeness (QED) is 0.524. The summed E-state index contributed by atoms with van der Waals surface area (Å²) in [4.78, 5) is 15.6. The van der Waals surface area contributed by atoms with Crippen LogP contribution in [0.1, 0.15) is 43.1 Å². The molecule has 9 nitrogen and oxygen atoms in total. The van der Waals surface area contributed by atoms with Gasteiger partial charge in [0.2, 0.25) is 0 Å². The number of nitriles is 1. The van der Waals surface area contributed by atoms with E-state index in [-0.39, 0.29) is 39.6 Å². The molecule has 2 aromatic heterocycles. The van der Waals surface area contributed by atoms with Crippen molar-refractivity contribution in [3.8, 4) is 22.9 Å². The first-order chi connectivity index (χ1) is 15.5. The molecule has 0 radical (unpaired) electrons. The predicted octanol–water partition coefficient (Wildman–Crippen LogP) is 2.63. The van der Waals surface area contributed by atoms with Crippen LogP contribution in [0.5, 0.6) is 5.75 Å². The van der Waals surface area contributed by atoms with Crippen molar-refractivity contribution in [2.24, 2.45) is 7.05 Å². The average Bonchev–Trinajstić information content (AvgIpc) is 3.11. The van der Waals surface area contributed by atoms with Crippen LogP contribution in [-0.2, 0) is 13.5 Å². The molecule has 3 aromatic rings. The van der Waals surface area contributed by atoms with Crippen LogP contribution < -0.4 is 15.8 Å². The number of halogens is 1. The number of carboxylic acids is 1. The highest BCUT2D eigenvalue weighted by molar-refractivity contribution is 5.89. The Balaban J connectivity index is 2.10. The molecule has 0 bridgehead atoms. The Hall–Kier alpha value is -3.97. The number of nitrogens with one attached hydrogen (secondary N) is 1. The summed E-state index contributed by atoms with van der Waals surface area (Å²) in [6, 6.07) is 6.71. The second-order valence-corrected chi connectivity index (χ2v) is 6.59. The van der Waals surface area contributed by atoms with Gasteiger partial charge in [0, 0.05) is 39.2 Å². The van der Waals surface area contributed by atoms with Crippen molar-refractivity contribution < 1.29 is 21.8 Å². The number of carboxylic acid groups (broad SMARTS) is 1. The molecule has 0 saturated carbocycles. The molecule has 3 rings (SSSR count). The van der Waals surface area contributed by atoms with Crippen LogP contribution in [0.15, 0.2) is 30.5 Å². The van der Waals surface area contributed by atoms with Gasteiger partial charge in [-0.05, 0) is 38.2 Å². The van der Waals surface area contributed by atoms with E-state index < -0.39 is 24.4 Å². The van der Waals surface area contributed by atoms with Crippen LogP contribution in [0.3, 0.4) is 0 Å². The van der Waals surface area contributed by atoms with Crippen molar-refractivity contribution in [3.63, 3.8) is 0 Å². The average molecular weight is 426 g/mol. The maximum atomic E-state index is 13.8. The van der Waals surface area contributed by atoms with Crippen molar-refractivity contribution >= 4 is 11.8 Å². The van der Waals surface area contributed by atoms with Gasteiger partial charge in [-0.2, -0.15) is 10.4 Å². The summed E-state index contributed by atoms with van der Waals surface area (Å²) in [5.74, 6) is -1.85. The molecule has 0 aliphatic heterocycles. The lowest BCUT2D eigenvalue weighted by Crippen LogP contribution is -2.12. The Morgan fingerprint density at radius 3 is 2.90 bits per heavy atom. The minimum absolute atomic E-state index is 0.0283. The summed E-state index contributed by atoms with van der Waals surface area (Å²) >= 11 is 0. The number of ether oxygens (including phenoxy) is 1. The monoisotopic (exact) mass is 426 g/mol. The van der Waals surface area contributed by atoms with Crippen molar-refractivity contribution in [2.45, 2.75) is 19.5 Å². The number of anilines is 1. The summed E-state index contributed by atoms with van der Waals surface area (Å²) < 4.78 is 37.3. The number of aromatic carboxylic acids is 1. The summed E-state index contributed by atoms with van der Waals surface area (Å²) in [6.07, 6.45) is 0.434. The number of rotatable bonds is 7. The van der Waals surface area contributed by atoms with Gasteiger partial charge in [-0.1, -0.05) is 0 Å². The topological polar surface area (TPSA) is 139 Å². The fraction of sp³-hybridized carbons (Fsp3) is 0.238. The molecule has 2 heterocycles. The minimum Gasteiger partial charge on any atom is -0.482 e. The molecule has 0 aliphatic carbocycles. The highest BCUT2D eigenvalue weighted by Crippen LogP contribution is 2.34. The van der Waals surface area contributed by atoms with E-state index in [0.29, 0.717) is 5.56 Å². The molecular weight excluding hydrogens is 403 g/mol. The third kappa shape index (κ3) is 4.31. The van der Waals surface area contributed by atoms with E-state index in [1.807, 2.05) is 6.07 Å². The Kier molecular flexibility index (Phi) is 5.40. The fourth-order valence-corrected chi connectivity index (χ4v) is 3.14. The molecule has 160 valence electrons. The van der Waals surface area contributed by atoms with Crippen molar-refractivity contribution in [1.29, 1.82) is 5.26 Å². The van der Waals surface area contributed by atoms with Crippen molar-refractivity contribution in [1.82, 2.24) is 20.1 Å². The van der Waals surface area contributed by atoms with Crippen LogP contribution in [0.2, 0.25) is 0 Å². The first-order valence-corrected chi connectivity index (χ1v) is 9.12. The number of aryl methyl sites for hydroxylation is 1. The van der Waals surface area contributed by atoms with E-state index in [2.05, 4.69) is 15.4 Å². The van der Waals surface area contributed by atoms with Crippen LogP contribution in [0.25, 0.3) is 11.1 Å². The van der Waals surface area contributed by atoms with Gasteiger partial charge < -0.3 is 20.9 Å². The largest absolute Gasteiger partial charge is 0.482 e. The predicted molar refractivity (Wildman–Crippen MR) is 111 cm³/mol. The number of carbonyl (C=O) groups is 1. The van der Waals surface area contributed by atoms with Gasteiger partial charge in [0.25, 0.3) is 0 Å². The first kappa shape index (κ1) is 19.0. The molecule has 4 N–H and O–H groups in total. The first-order valence-electron chi connectivity index (χ1n) is 10.1. The highest BCUT2D eigenvalue weighted by Gasteiger charge is 2.22. The minimum atomic E-state index is -2.06. The van der Waals surface area contributed by atoms with Gasteiger partial charge in [0.05, 0.1) is 11.3 Å². The summed E-state index contributed by atoms with van der Waals surface area (Å²) in [6.45, 7) is -0.529. The standard InChI is InChI=1S/C21H21FN6O3/c1-11(15-7-13(22)4-5-14(15)21(29)30)31-18-6-12(9-26-20(18)24)19-16(10-25-2)27-28(3)17(19)8-23/h4-7,9,11,25H,10H2,1-3H3,(H2,24,26)(H,29,30)/i10D2. The van der Waals surface area contributed by atoms with Gasteiger partial charge >= 0.3 is 5.97 Å². The SMILES string of the molecule is [2H]C([2H])(NC)c1nn(C)c(C#N)c1-c1cnc(N)c(OC(C)c2cc(F)ccc2C(=O)O)c1. The second kappa shape index (κ2) is 8.81. The Morgan fingerprint density at radius 1 is 1.52 bits per heavy atom. The van der Waals surface area contributed by atoms with E-state index in [1.165, 1.54) is 38.0 Å². The smallest absolute Gasteiger partial charge is 0.336 e. The zero-order valence-corrected chi connectivity index (χ0v) is 17.0. The summed E-state index contributed by atoms with van der Waals surface area (Å²) in [5.41, 5.74) is 6.48. The maximum absolute atomic E-state index is 13.8. The number of hydrogen-bond acceptors (Lipinski definition) is 7. The molecule has 0 aliphatic rings. The molecule has 31 heavy (non-hydrogen) atoms. The Morgan fingerprint density at radius 2 is 2.26 bits per heavy atom.